The molecule has 0 bridgehead atoms. The first-order chi connectivity index (χ1) is 8.76. The minimum atomic E-state index is 0.421. The third-order valence-electron chi connectivity index (χ3n) is 4.96. The van der Waals surface area contributed by atoms with E-state index in [1.54, 1.807) is 0 Å². The normalized spacial score (nSPS) is 37.3. The molecule has 0 radical (unpaired) electrons. The van der Waals surface area contributed by atoms with E-state index in [1.165, 1.54) is 62.3 Å². The molecule has 2 saturated carbocycles. The molecule has 1 spiro atoms. The van der Waals surface area contributed by atoms with Crippen molar-refractivity contribution >= 4 is 16.9 Å². The number of aliphatic imine (C=N–C) groups is 1. The maximum Gasteiger partial charge on any atom is 0.157 e. The molecule has 3 aliphatic rings. The average molecular weight is 266 g/mol. The number of hydrogen-bond acceptors (Lipinski definition) is 2. The van der Waals surface area contributed by atoms with Gasteiger partial charge in [0.15, 0.2) is 5.17 Å². The molecule has 1 heterocycles. The van der Waals surface area contributed by atoms with Gasteiger partial charge in [-0.3, -0.25) is 4.99 Å². The number of hydrogen-bond donors (Lipinski definition) is 1. The lowest BCUT2D eigenvalue weighted by Gasteiger charge is -2.32. The van der Waals surface area contributed by atoms with Gasteiger partial charge in [-0.05, 0) is 37.5 Å². The molecule has 2 unspecified atom stereocenters. The molecular formula is C15H26N2S. The van der Waals surface area contributed by atoms with Crippen LogP contribution in [0.2, 0.25) is 0 Å². The zero-order chi connectivity index (χ0) is 12.4. The van der Waals surface area contributed by atoms with Gasteiger partial charge < -0.3 is 5.32 Å². The lowest BCUT2D eigenvalue weighted by molar-refractivity contribution is 0.303. The van der Waals surface area contributed by atoms with Gasteiger partial charge in [0, 0.05) is 17.8 Å². The lowest BCUT2D eigenvalue weighted by Crippen LogP contribution is -2.45. The van der Waals surface area contributed by atoms with Crippen LogP contribution >= 0.6 is 11.8 Å². The van der Waals surface area contributed by atoms with Crippen LogP contribution in [0.3, 0.4) is 0 Å². The summed E-state index contributed by atoms with van der Waals surface area (Å²) in [4.78, 5) is 4.86. The van der Waals surface area contributed by atoms with Crippen LogP contribution in [0.5, 0.6) is 0 Å². The van der Waals surface area contributed by atoms with Crippen molar-refractivity contribution < 1.29 is 0 Å². The largest absolute Gasteiger partial charge is 0.359 e. The Balaban J connectivity index is 1.52. The molecular weight excluding hydrogens is 240 g/mol. The van der Waals surface area contributed by atoms with Crippen LogP contribution in [0.15, 0.2) is 4.99 Å². The maximum atomic E-state index is 4.86. The molecule has 1 N–H and O–H groups in total. The number of rotatable bonds is 2. The van der Waals surface area contributed by atoms with E-state index >= 15 is 0 Å². The topological polar surface area (TPSA) is 24.4 Å². The molecule has 1 saturated heterocycles. The molecule has 3 heteroatoms. The summed E-state index contributed by atoms with van der Waals surface area (Å²) >= 11 is 1.97. The smallest absolute Gasteiger partial charge is 0.157 e. The van der Waals surface area contributed by atoms with E-state index in [2.05, 4.69) is 12.2 Å². The zero-order valence-electron chi connectivity index (χ0n) is 11.6. The molecule has 102 valence electrons. The molecule has 2 aliphatic carbocycles. The average Bonchev–Trinajstić information content (AvgIpc) is 2.96. The Morgan fingerprint density at radius 1 is 1.28 bits per heavy atom. The highest BCUT2D eigenvalue weighted by Gasteiger charge is 2.38. The van der Waals surface area contributed by atoms with Crippen molar-refractivity contribution in [3.8, 4) is 0 Å². The van der Waals surface area contributed by atoms with E-state index in [0.29, 0.717) is 5.54 Å². The van der Waals surface area contributed by atoms with Crippen LogP contribution in [-0.2, 0) is 0 Å². The first kappa shape index (κ1) is 12.8. The highest BCUT2D eigenvalue weighted by Crippen LogP contribution is 2.36. The van der Waals surface area contributed by atoms with E-state index < -0.39 is 0 Å². The summed E-state index contributed by atoms with van der Waals surface area (Å²) in [6, 6.07) is 0. The van der Waals surface area contributed by atoms with E-state index in [1.807, 2.05) is 11.8 Å². The third kappa shape index (κ3) is 2.87. The molecule has 0 aromatic rings. The highest BCUT2D eigenvalue weighted by molar-refractivity contribution is 8.14. The Bertz CT molecular complexity index is 320. The van der Waals surface area contributed by atoms with Gasteiger partial charge in [-0.15, -0.1) is 0 Å². The fourth-order valence-corrected chi connectivity index (χ4v) is 5.02. The Labute approximate surface area is 115 Å². The summed E-state index contributed by atoms with van der Waals surface area (Å²) in [6.07, 6.45) is 11.2. The first-order valence-corrected chi connectivity index (χ1v) is 8.70. The second-order valence-corrected chi connectivity index (χ2v) is 7.65. The third-order valence-corrected chi connectivity index (χ3v) is 6.17. The molecule has 3 rings (SSSR count). The fraction of sp³-hybridized carbons (Fsp3) is 0.933. The van der Waals surface area contributed by atoms with Crippen LogP contribution in [0.4, 0.5) is 0 Å². The fourth-order valence-electron chi connectivity index (χ4n) is 3.79. The summed E-state index contributed by atoms with van der Waals surface area (Å²) < 4.78 is 0. The van der Waals surface area contributed by atoms with E-state index in [-0.39, 0.29) is 0 Å². The van der Waals surface area contributed by atoms with Gasteiger partial charge >= 0.3 is 0 Å². The van der Waals surface area contributed by atoms with Gasteiger partial charge in [0.1, 0.15) is 0 Å². The van der Waals surface area contributed by atoms with Crippen molar-refractivity contribution in [3.63, 3.8) is 0 Å². The number of nitrogens with zero attached hydrogens (tertiary/aromatic N) is 1. The molecule has 2 atom stereocenters. The summed E-state index contributed by atoms with van der Waals surface area (Å²) in [5, 5.41) is 5.00. The molecule has 1 aliphatic heterocycles. The van der Waals surface area contributed by atoms with Crippen LogP contribution in [0.1, 0.15) is 58.3 Å². The van der Waals surface area contributed by atoms with Crippen molar-refractivity contribution in [2.75, 3.05) is 12.3 Å². The van der Waals surface area contributed by atoms with Gasteiger partial charge in [0.05, 0.1) is 0 Å². The minimum absolute atomic E-state index is 0.421. The van der Waals surface area contributed by atoms with E-state index in [0.717, 1.165) is 18.4 Å². The van der Waals surface area contributed by atoms with E-state index in [9.17, 15) is 0 Å². The summed E-state index contributed by atoms with van der Waals surface area (Å²) in [6.45, 7) is 3.45. The predicted molar refractivity (Wildman–Crippen MR) is 80.2 cm³/mol. The Morgan fingerprint density at radius 2 is 2.11 bits per heavy atom. The van der Waals surface area contributed by atoms with E-state index in [4.69, 9.17) is 4.99 Å². The quantitative estimate of drug-likeness (QED) is 0.821. The molecule has 18 heavy (non-hydrogen) atoms. The van der Waals surface area contributed by atoms with Crippen molar-refractivity contribution in [2.45, 2.75) is 63.8 Å². The Hall–Kier alpha value is -0.180. The van der Waals surface area contributed by atoms with Gasteiger partial charge in [-0.25, -0.2) is 0 Å². The summed E-state index contributed by atoms with van der Waals surface area (Å²) in [7, 11) is 0. The second-order valence-electron chi connectivity index (χ2n) is 6.68. The minimum Gasteiger partial charge on any atom is -0.359 e. The molecule has 2 nitrogen and oxygen atoms in total. The SMILES string of the molecule is CC1CCC(CN=C2NC3(CCCCC3)CS2)C1. The molecule has 3 fully saturated rings. The predicted octanol–water partition coefficient (Wildman–Crippen LogP) is 3.82. The number of thioether (sulfide) groups is 1. The lowest BCUT2D eigenvalue weighted by atomic mass is 9.83. The Morgan fingerprint density at radius 3 is 2.83 bits per heavy atom. The van der Waals surface area contributed by atoms with Crippen LogP contribution < -0.4 is 5.32 Å². The monoisotopic (exact) mass is 266 g/mol. The van der Waals surface area contributed by atoms with Crippen molar-refractivity contribution in [1.82, 2.24) is 5.32 Å². The number of amidine groups is 1. The van der Waals surface area contributed by atoms with Gasteiger partial charge in [-0.1, -0.05) is 44.4 Å². The van der Waals surface area contributed by atoms with Gasteiger partial charge in [-0.2, -0.15) is 0 Å². The highest BCUT2D eigenvalue weighted by atomic mass is 32.2. The molecule has 0 amide bonds. The summed E-state index contributed by atoms with van der Waals surface area (Å²) in [5.41, 5.74) is 0.421. The van der Waals surface area contributed by atoms with Gasteiger partial charge in [0.2, 0.25) is 0 Å². The van der Waals surface area contributed by atoms with Crippen molar-refractivity contribution in [2.24, 2.45) is 16.8 Å². The van der Waals surface area contributed by atoms with Crippen molar-refractivity contribution in [1.29, 1.82) is 0 Å². The maximum absolute atomic E-state index is 4.86. The van der Waals surface area contributed by atoms with Gasteiger partial charge in [0.25, 0.3) is 0 Å². The zero-order valence-corrected chi connectivity index (χ0v) is 12.4. The molecule has 0 aromatic carbocycles. The van der Waals surface area contributed by atoms with Crippen molar-refractivity contribution in [3.05, 3.63) is 0 Å². The second kappa shape index (κ2) is 5.44. The Kier molecular flexibility index (Phi) is 3.88. The summed E-state index contributed by atoms with van der Waals surface area (Å²) in [5.74, 6) is 3.05. The van der Waals surface area contributed by atoms with Crippen LogP contribution in [0, 0.1) is 11.8 Å². The van der Waals surface area contributed by atoms with Crippen LogP contribution in [0.25, 0.3) is 0 Å². The van der Waals surface area contributed by atoms with Crippen LogP contribution in [-0.4, -0.2) is 23.0 Å². The first-order valence-electron chi connectivity index (χ1n) is 7.71. The molecule has 0 aromatic heterocycles. The standard InChI is InChI=1S/C15H26N2S/c1-12-5-6-13(9-12)10-16-14-17-15(11-18-14)7-3-2-4-8-15/h12-13H,2-11H2,1H3,(H,16,17). The number of nitrogens with one attached hydrogen (secondary N) is 1.